The van der Waals surface area contributed by atoms with Crippen LogP contribution in [0.3, 0.4) is 0 Å². The van der Waals surface area contributed by atoms with Crippen molar-refractivity contribution >= 4 is 12.9 Å². The van der Waals surface area contributed by atoms with E-state index in [0.717, 1.165) is 0 Å². The minimum atomic E-state index is 0.649. The molecular weight excluding hydrogens is 120 g/mol. The Balaban J connectivity index is 2.83. The SMILES string of the molecule is SOc1[c]cccc1. The molecule has 1 aromatic rings. The largest absolute Gasteiger partial charge is 0.428 e. The van der Waals surface area contributed by atoms with Gasteiger partial charge in [-0.05, 0) is 6.07 Å². The van der Waals surface area contributed by atoms with Crippen LogP contribution in [0, 0.1) is 6.07 Å². The van der Waals surface area contributed by atoms with Crippen LogP contribution in [-0.4, -0.2) is 0 Å². The zero-order valence-corrected chi connectivity index (χ0v) is 5.06. The third-order valence-electron chi connectivity index (χ3n) is 0.779. The van der Waals surface area contributed by atoms with Gasteiger partial charge in [0, 0.05) is 19.0 Å². The lowest BCUT2D eigenvalue weighted by Crippen LogP contribution is -1.70. The summed E-state index contributed by atoms with van der Waals surface area (Å²) < 4.78 is 4.55. The molecule has 0 saturated carbocycles. The van der Waals surface area contributed by atoms with Gasteiger partial charge in [0.05, 0.1) is 0 Å². The molecule has 1 aromatic carbocycles. The van der Waals surface area contributed by atoms with Crippen molar-refractivity contribution in [3.63, 3.8) is 0 Å². The first-order chi connectivity index (χ1) is 3.93. The van der Waals surface area contributed by atoms with E-state index >= 15 is 0 Å². The topological polar surface area (TPSA) is 9.23 Å². The Morgan fingerprint density at radius 2 is 2.38 bits per heavy atom. The molecule has 0 saturated heterocycles. The van der Waals surface area contributed by atoms with E-state index in [0.29, 0.717) is 5.75 Å². The van der Waals surface area contributed by atoms with Crippen LogP contribution in [-0.2, 0) is 0 Å². The highest BCUT2D eigenvalue weighted by Gasteiger charge is 1.82. The van der Waals surface area contributed by atoms with Crippen molar-refractivity contribution in [3.8, 4) is 5.75 Å². The lowest BCUT2D eigenvalue weighted by atomic mass is 10.3. The molecule has 1 nitrogen and oxygen atoms in total. The van der Waals surface area contributed by atoms with Crippen molar-refractivity contribution in [2.24, 2.45) is 0 Å². The van der Waals surface area contributed by atoms with E-state index in [4.69, 9.17) is 0 Å². The number of para-hydroxylation sites is 1. The summed E-state index contributed by atoms with van der Waals surface area (Å²) in [5, 5.41) is 0. The minimum Gasteiger partial charge on any atom is -0.428 e. The molecule has 0 spiro atoms. The van der Waals surface area contributed by atoms with Crippen LogP contribution >= 0.6 is 12.9 Å². The molecule has 1 radical (unpaired) electrons. The second-order valence-electron chi connectivity index (χ2n) is 1.32. The summed E-state index contributed by atoms with van der Waals surface area (Å²) in [6.45, 7) is 0. The van der Waals surface area contributed by atoms with Gasteiger partial charge >= 0.3 is 0 Å². The fraction of sp³-hybridized carbons (Fsp3) is 0. The van der Waals surface area contributed by atoms with E-state index in [1.165, 1.54) is 0 Å². The third kappa shape index (κ3) is 1.17. The van der Waals surface area contributed by atoms with Crippen molar-refractivity contribution in [3.05, 3.63) is 30.3 Å². The Morgan fingerprint density at radius 1 is 1.50 bits per heavy atom. The molecule has 0 bridgehead atoms. The molecule has 0 aliphatic heterocycles. The van der Waals surface area contributed by atoms with Crippen LogP contribution in [0.4, 0.5) is 0 Å². The molecule has 8 heavy (non-hydrogen) atoms. The number of rotatable bonds is 1. The summed E-state index contributed by atoms with van der Waals surface area (Å²) >= 11 is 3.58. The highest BCUT2D eigenvalue weighted by molar-refractivity contribution is 7.75. The van der Waals surface area contributed by atoms with Gasteiger partial charge in [0.1, 0.15) is 5.75 Å². The van der Waals surface area contributed by atoms with Gasteiger partial charge in [-0.25, -0.2) is 0 Å². The van der Waals surface area contributed by atoms with E-state index in [2.05, 4.69) is 23.2 Å². The number of thiol groups is 1. The molecule has 0 aliphatic rings. The molecule has 1 rings (SSSR count). The highest BCUT2D eigenvalue weighted by atomic mass is 32.1. The van der Waals surface area contributed by atoms with Crippen LogP contribution in [0.25, 0.3) is 0 Å². The van der Waals surface area contributed by atoms with Crippen molar-refractivity contribution in [2.45, 2.75) is 0 Å². The molecular formula is C6H5OS. The summed E-state index contributed by atoms with van der Waals surface area (Å²) in [4.78, 5) is 0. The minimum absolute atomic E-state index is 0.649. The molecule has 0 heterocycles. The van der Waals surface area contributed by atoms with Gasteiger partial charge in [-0.2, -0.15) is 0 Å². The average molecular weight is 125 g/mol. The van der Waals surface area contributed by atoms with Gasteiger partial charge in [0.2, 0.25) is 0 Å². The predicted molar refractivity (Wildman–Crippen MR) is 34.9 cm³/mol. The highest BCUT2D eigenvalue weighted by Crippen LogP contribution is 2.07. The van der Waals surface area contributed by atoms with Gasteiger partial charge in [-0.1, -0.05) is 18.2 Å². The summed E-state index contributed by atoms with van der Waals surface area (Å²) in [6, 6.07) is 10.1. The van der Waals surface area contributed by atoms with E-state index in [9.17, 15) is 0 Å². The van der Waals surface area contributed by atoms with Gasteiger partial charge in [0.15, 0.2) is 0 Å². The maximum atomic E-state index is 4.55. The first kappa shape index (κ1) is 5.51. The number of hydrogen-bond acceptors (Lipinski definition) is 2. The Kier molecular flexibility index (Phi) is 1.80. The molecule has 0 N–H and O–H groups in total. The van der Waals surface area contributed by atoms with Crippen molar-refractivity contribution in [1.29, 1.82) is 0 Å². The number of hydrogen-bond donors (Lipinski definition) is 1. The molecule has 0 fully saturated rings. The zero-order valence-electron chi connectivity index (χ0n) is 4.16. The average Bonchev–Trinajstić information content (AvgIpc) is 1.90. The molecule has 0 aliphatic carbocycles. The summed E-state index contributed by atoms with van der Waals surface area (Å²) in [5.74, 6) is 0.649. The molecule has 0 aromatic heterocycles. The van der Waals surface area contributed by atoms with Crippen LogP contribution in [0.1, 0.15) is 0 Å². The smallest absolute Gasteiger partial charge is 0.144 e. The monoisotopic (exact) mass is 125 g/mol. The Hall–Kier alpha value is -0.630. The standard InChI is InChI=1S/C6H5OS/c8-7-6-4-2-1-3-5-6/h1-4,8H. The maximum absolute atomic E-state index is 4.55. The normalized spacial score (nSPS) is 8.62. The number of benzene rings is 1. The van der Waals surface area contributed by atoms with Crippen LogP contribution in [0.15, 0.2) is 24.3 Å². The Morgan fingerprint density at radius 3 is 2.75 bits per heavy atom. The lowest BCUT2D eigenvalue weighted by Gasteiger charge is -1.90. The van der Waals surface area contributed by atoms with Crippen LogP contribution < -0.4 is 4.18 Å². The maximum Gasteiger partial charge on any atom is 0.144 e. The second-order valence-corrected chi connectivity index (χ2v) is 1.50. The van der Waals surface area contributed by atoms with Crippen LogP contribution in [0.2, 0.25) is 0 Å². The van der Waals surface area contributed by atoms with Gasteiger partial charge in [0.25, 0.3) is 0 Å². The van der Waals surface area contributed by atoms with E-state index in [1.54, 1.807) is 12.1 Å². The van der Waals surface area contributed by atoms with E-state index in [-0.39, 0.29) is 0 Å². The third-order valence-corrected chi connectivity index (χ3v) is 0.976. The Labute approximate surface area is 53.9 Å². The quantitative estimate of drug-likeness (QED) is 0.444. The van der Waals surface area contributed by atoms with Crippen LogP contribution in [0.5, 0.6) is 5.75 Å². The van der Waals surface area contributed by atoms with Crippen molar-refractivity contribution < 1.29 is 4.18 Å². The molecule has 41 valence electrons. The summed E-state index contributed by atoms with van der Waals surface area (Å²) in [5.41, 5.74) is 0. The molecule has 2 heteroatoms. The molecule has 0 atom stereocenters. The summed E-state index contributed by atoms with van der Waals surface area (Å²) in [7, 11) is 0. The fourth-order valence-electron chi connectivity index (χ4n) is 0.434. The van der Waals surface area contributed by atoms with Crippen molar-refractivity contribution in [2.75, 3.05) is 0 Å². The predicted octanol–water partition coefficient (Wildman–Crippen LogP) is 1.71. The van der Waals surface area contributed by atoms with Crippen molar-refractivity contribution in [1.82, 2.24) is 0 Å². The molecule has 0 amide bonds. The zero-order chi connectivity index (χ0) is 5.82. The fourth-order valence-corrected chi connectivity index (χ4v) is 0.547. The first-order valence-electron chi connectivity index (χ1n) is 2.21. The lowest BCUT2D eigenvalue weighted by molar-refractivity contribution is 0.657. The Bertz CT molecular complexity index is 150. The van der Waals surface area contributed by atoms with Gasteiger partial charge < -0.3 is 4.18 Å². The summed E-state index contributed by atoms with van der Waals surface area (Å²) in [6.07, 6.45) is 0. The van der Waals surface area contributed by atoms with E-state index < -0.39 is 0 Å². The second kappa shape index (κ2) is 2.62. The molecule has 0 unspecified atom stereocenters. The first-order valence-corrected chi connectivity index (χ1v) is 2.58. The van der Waals surface area contributed by atoms with Gasteiger partial charge in [-0.3, -0.25) is 0 Å². The van der Waals surface area contributed by atoms with Gasteiger partial charge in [-0.15, -0.1) is 0 Å². The van der Waals surface area contributed by atoms with E-state index in [1.807, 2.05) is 12.1 Å².